The van der Waals surface area contributed by atoms with Gasteiger partial charge < -0.3 is 14.8 Å². The first-order chi connectivity index (χ1) is 9.27. The van der Waals surface area contributed by atoms with Gasteiger partial charge in [0.1, 0.15) is 0 Å². The van der Waals surface area contributed by atoms with Crippen LogP contribution in [0.25, 0.3) is 0 Å². The summed E-state index contributed by atoms with van der Waals surface area (Å²) in [5.41, 5.74) is 0.173. The Balaban J connectivity index is 1.55. The lowest BCUT2D eigenvalue weighted by molar-refractivity contribution is -0.149. The minimum absolute atomic E-state index is 0.173. The molecule has 3 saturated heterocycles. The molecule has 3 fully saturated rings. The monoisotopic (exact) mass is 267 g/mol. The molecular formula is C16H29NO2. The second kappa shape index (κ2) is 6.11. The predicted octanol–water partition coefficient (Wildman–Crippen LogP) is 2.60. The van der Waals surface area contributed by atoms with Gasteiger partial charge in [0.25, 0.3) is 0 Å². The first-order valence-electron chi connectivity index (χ1n) is 8.20. The van der Waals surface area contributed by atoms with Crippen LogP contribution in [0.2, 0.25) is 0 Å². The van der Waals surface area contributed by atoms with Crippen LogP contribution in [0.4, 0.5) is 0 Å². The minimum atomic E-state index is 0.173. The molecule has 19 heavy (non-hydrogen) atoms. The third kappa shape index (κ3) is 3.32. The summed E-state index contributed by atoms with van der Waals surface area (Å²) in [5, 5.41) is 3.57. The normalized spacial score (nSPS) is 39.3. The maximum atomic E-state index is 6.16. The van der Waals surface area contributed by atoms with Gasteiger partial charge in [-0.15, -0.1) is 0 Å². The van der Waals surface area contributed by atoms with Crippen molar-refractivity contribution >= 4 is 0 Å². The van der Waals surface area contributed by atoms with Crippen LogP contribution in [0.15, 0.2) is 0 Å². The van der Waals surface area contributed by atoms with Crippen molar-refractivity contribution in [2.45, 2.75) is 51.0 Å². The van der Waals surface area contributed by atoms with Gasteiger partial charge in [-0.3, -0.25) is 0 Å². The molecule has 0 aromatic heterocycles. The quantitative estimate of drug-likeness (QED) is 0.834. The Bertz CT molecular complexity index is 283. The molecule has 3 unspecified atom stereocenters. The molecule has 0 aromatic carbocycles. The molecule has 110 valence electrons. The molecule has 0 bridgehead atoms. The highest BCUT2D eigenvalue weighted by Crippen LogP contribution is 2.40. The minimum Gasteiger partial charge on any atom is -0.381 e. The summed E-state index contributed by atoms with van der Waals surface area (Å²) in [6, 6.07) is 0. The van der Waals surface area contributed by atoms with Gasteiger partial charge in [-0.05, 0) is 69.4 Å². The summed E-state index contributed by atoms with van der Waals surface area (Å²) >= 11 is 0. The van der Waals surface area contributed by atoms with Crippen LogP contribution in [-0.2, 0) is 9.47 Å². The molecule has 3 rings (SSSR count). The molecule has 0 aliphatic carbocycles. The molecule has 3 aliphatic rings. The van der Waals surface area contributed by atoms with Gasteiger partial charge in [0.2, 0.25) is 0 Å². The molecule has 3 nitrogen and oxygen atoms in total. The van der Waals surface area contributed by atoms with E-state index in [2.05, 4.69) is 12.2 Å². The average Bonchev–Trinajstić information content (AvgIpc) is 2.42. The zero-order valence-electron chi connectivity index (χ0n) is 12.3. The molecule has 3 atom stereocenters. The standard InChI is InChI=1S/C16H29NO2/c1-13-2-6-17-12-15(13)10-14-3-7-19-16(11-14)4-8-18-9-5-16/h13-15,17H,2-12H2,1H3. The predicted molar refractivity (Wildman–Crippen MR) is 76.2 cm³/mol. The first kappa shape index (κ1) is 13.8. The van der Waals surface area contributed by atoms with E-state index in [9.17, 15) is 0 Å². The van der Waals surface area contributed by atoms with Crippen molar-refractivity contribution in [3.8, 4) is 0 Å². The van der Waals surface area contributed by atoms with E-state index in [1.165, 1.54) is 38.8 Å². The highest BCUT2D eigenvalue weighted by Gasteiger charge is 2.39. The molecule has 1 N–H and O–H groups in total. The van der Waals surface area contributed by atoms with Gasteiger partial charge >= 0.3 is 0 Å². The third-order valence-electron chi connectivity index (χ3n) is 5.62. The molecule has 0 amide bonds. The summed E-state index contributed by atoms with van der Waals surface area (Å²) < 4.78 is 11.7. The van der Waals surface area contributed by atoms with E-state index >= 15 is 0 Å². The van der Waals surface area contributed by atoms with Crippen LogP contribution in [0.1, 0.15) is 45.4 Å². The summed E-state index contributed by atoms with van der Waals surface area (Å²) in [6.07, 6.45) is 7.53. The number of hydrogen-bond donors (Lipinski definition) is 1. The Morgan fingerprint density at radius 3 is 2.79 bits per heavy atom. The van der Waals surface area contributed by atoms with E-state index in [1.807, 2.05) is 0 Å². The van der Waals surface area contributed by atoms with E-state index in [0.717, 1.165) is 50.4 Å². The van der Waals surface area contributed by atoms with Crippen LogP contribution in [0.5, 0.6) is 0 Å². The van der Waals surface area contributed by atoms with Crippen molar-refractivity contribution in [2.75, 3.05) is 32.9 Å². The zero-order valence-corrected chi connectivity index (χ0v) is 12.3. The van der Waals surface area contributed by atoms with Gasteiger partial charge in [-0.25, -0.2) is 0 Å². The number of piperidine rings is 1. The fourth-order valence-electron chi connectivity index (χ4n) is 4.22. The second-order valence-electron chi connectivity index (χ2n) is 6.97. The van der Waals surface area contributed by atoms with Crippen molar-refractivity contribution in [3.05, 3.63) is 0 Å². The van der Waals surface area contributed by atoms with Gasteiger partial charge in [0, 0.05) is 19.8 Å². The van der Waals surface area contributed by atoms with E-state index in [-0.39, 0.29) is 5.60 Å². The lowest BCUT2D eigenvalue weighted by Gasteiger charge is -2.44. The van der Waals surface area contributed by atoms with Gasteiger partial charge in [0.15, 0.2) is 0 Å². The van der Waals surface area contributed by atoms with E-state index in [0.29, 0.717) is 0 Å². The molecule has 0 saturated carbocycles. The van der Waals surface area contributed by atoms with E-state index < -0.39 is 0 Å². The van der Waals surface area contributed by atoms with E-state index in [4.69, 9.17) is 9.47 Å². The lowest BCUT2D eigenvalue weighted by atomic mass is 9.74. The zero-order chi connectivity index (χ0) is 13.1. The largest absolute Gasteiger partial charge is 0.381 e. The SMILES string of the molecule is CC1CCNCC1CC1CCOC2(CCOCC2)C1. The average molecular weight is 267 g/mol. The topological polar surface area (TPSA) is 30.5 Å². The highest BCUT2D eigenvalue weighted by molar-refractivity contribution is 4.90. The number of ether oxygens (including phenoxy) is 2. The van der Waals surface area contributed by atoms with Crippen molar-refractivity contribution in [3.63, 3.8) is 0 Å². The maximum absolute atomic E-state index is 6.16. The Morgan fingerprint density at radius 2 is 2.00 bits per heavy atom. The van der Waals surface area contributed by atoms with Gasteiger partial charge in [-0.2, -0.15) is 0 Å². The Labute approximate surface area is 117 Å². The summed E-state index contributed by atoms with van der Waals surface area (Å²) in [7, 11) is 0. The van der Waals surface area contributed by atoms with Crippen molar-refractivity contribution in [1.29, 1.82) is 0 Å². The number of nitrogens with one attached hydrogen (secondary N) is 1. The van der Waals surface area contributed by atoms with Crippen LogP contribution in [0, 0.1) is 17.8 Å². The van der Waals surface area contributed by atoms with Crippen molar-refractivity contribution < 1.29 is 9.47 Å². The van der Waals surface area contributed by atoms with Crippen molar-refractivity contribution in [1.82, 2.24) is 5.32 Å². The molecule has 3 heterocycles. The second-order valence-corrected chi connectivity index (χ2v) is 6.97. The molecule has 0 radical (unpaired) electrons. The number of hydrogen-bond acceptors (Lipinski definition) is 3. The first-order valence-corrected chi connectivity index (χ1v) is 8.20. The maximum Gasteiger partial charge on any atom is 0.0729 e. The van der Waals surface area contributed by atoms with Gasteiger partial charge in [0.05, 0.1) is 5.60 Å². The van der Waals surface area contributed by atoms with Crippen molar-refractivity contribution in [2.24, 2.45) is 17.8 Å². The van der Waals surface area contributed by atoms with Crippen LogP contribution in [0.3, 0.4) is 0 Å². The Kier molecular flexibility index (Phi) is 4.45. The summed E-state index contributed by atoms with van der Waals surface area (Å²) in [6.45, 7) is 7.65. The van der Waals surface area contributed by atoms with Gasteiger partial charge in [-0.1, -0.05) is 6.92 Å². The molecule has 1 spiro atoms. The summed E-state index contributed by atoms with van der Waals surface area (Å²) in [4.78, 5) is 0. The molecule has 3 heteroatoms. The highest BCUT2D eigenvalue weighted by atomic mass is 16.5. The molecule has 0 aromatic rings. The Hall–Kier alpha value is -0.120. The third-order valence-corrected chi connectivity index (χ3v) is 5.62. The van der Waals surface area contributed by atoms with Crippen LogP contribution >= 0.6 is 0 Å². The van der Waals surface area contributed by atoms with Crippen LogP contribution < -0.4 is 5.32 Å². The molecular weight excluding hydrogens is 238 g/mol. The number of rotatable bonds is 2. The lowest BCUT2D eigenvalue weighted by Crippen LogP contribution is -2.45. The van der Waals surface area contributed by atoms with E-state index in [1.54, 1.807) is 0 Å². The fourth-order valence-corrected chi connectivity index (χ4v) is 4.22. The Morgan fingerprint density at radius 1 is 1.16 bits per heavy atom. The molecule has 3 aliphatic heterocycles. The van der Waals surface area contributed by atoms with Crippen LogP contribution in [-0.4, -0.2) is 38.5 Å². The fraction of sp³-hybridized carbons (Fsp3) is 1.00. The summed E-state index contributed by atoms with van der Waals surface area (Å²) in [5.74, 6) is 2.66. The smallest absolute Gasteiger partial charge is 0.0729 e.